The zero-order valence-electron chi connectivity index (χ0n) is 11.4. The molecular formula is C14H28N2. The molecule has 0 radical (unpaired) electrons. The summed E-state index contributed by atoms with van der Waals surface area (Å²) in [5, 5.41) is 0. The second-order valence-electron chi connectivity index (χ2n) is 7.07. The molecule has 0 aromatic heterocycles. The third kappa shape index (κ3) is 2.28. The molecule has 2 heteroatoms. The number of likely N-dealkylation sites (tertiary alicyclic amines) is 1. The van der Waals surface area contributed by atoms with Gasteiger partial charge in [0.25, 0.3) is 0 Å². The molecule has 4 unspecified atom stereocenters. The Morgan fingerprint density at radius 2 is 1.62 bits per heavy atom. The van der Waals surface area contributed by atoms with Gasteiger partial charge in [-0.25, -0.2) is 0 Å². The van der Waals surface area contributed by atoms with Gasteiger partial charge in [0.1, 0.15) is 0 Å². The topological polar surface area (TPSA) is 29.3 Å². The van der Waals surface area contributed by atoms with E-state index < -0.39 is 0 Å². The molecule has 1 heterocycles. The van der Waals surface area contributed by atoms with E-state index in [4.69, 9.17) is 5.73 Å². The Morgan fingerprint density at radius 3 is 2.00 bits per heavy atom. The predicted molar refractivity (Wildman–Crippen MR) is 69.3 cm³/mol. The highest BCUT2D eigenvalue weighted by molar-refractivity contribution is 4.97. The first-order valence-corrected chi connectivity index (χ1v) is 6.89. The summed E-state index contributed by atoms with van der Waals surface area (Å²) in [6.45, 7) is 11.8. The molecule has 2 N–H and O–H groups in total. The Balaban J connectivity index is 2.06. The summed E-state index contributed by atoms with van der Waals surface area (Å²) in [6.07, 6.45) is 4.37. The van der Waals surface area contributed by atoms with Gasteiger partial charge in [-0.15, -0.1) is 0 Å². The Labute approximate surface area is 101 Å². The second-order valence-corrected chi connectivity index (χ2v) is 7.07. The van der Waals surface area contributed by atoms with E-state index in [-0.39, 0.29) is 6.04 Å². The highest BCUT2D eigenvalue weighted by atomic mass is 15.2. The maximum Gasteiger partial charge on any atom is 0.0293 e. The largest absolute Gasteiger partial charge is 0.327 e. The molecule has 2 nitrogen and oxygen atoms in total. The Hall–Kier alpha value is -0.0800. The van der Waals surface area contributed by atoms with Crippen LogP contribution in [0.1, 0.15) is 47.0 Å². The van der Waals surface area contributed by atoms with Crippen LogP contribution < -0.4 is 5.73 Å². The minimum Gasteiger partial charge on any atom is -0.327 e. The summed E-state index contributed by atoms with van der Waals surface area (Å²) < 4.78 is 0. The molecule has 0 aromatic rings. The highest BCUT2D eigenvalue weighted by Crippen LogP contribution is 2.41. The van der Waals surface area contributed by atoms with E-state index in [2.05, 4.69) is 32.6 Å². The number of hydrogen-bond donors (Lipinski definition) is 1. The molecule has 16 heavy (non-hydrogen) atoms. The van der Waals surface area contributed by atoms with Gasteiger partial charge in [-0.05, 0) is 37.0 Å². The van der Waals surface area contributed by atoms with Gasteiger partial charge in [-0.2, -0.15) is 0 Å². The van der Waals surface area contributed by atoms with Crippen LogP contribution in [0.3, 0.4) is 0 Å². The molecule has 2 rings (SSSR count). The predicted octanol–water partition coefficient (Wildman–Crippen LogP) is 2.48. The zero-order valence-corrected chi connectivity index (χ0v) is 11.4. The van der Waals surface area contributed by atoms with Crippen molar-refractivity contribution >= 4 is 0 Å². The van der Waals surface area contributed by atoms with Gasteiger partial charge < -0.3 is 5.73 Å². The molecule has 94 valence electrons. The first-order valence-electron chi connectivity index (χ1n) is 6.89. The fourth-order valence-corrected chi connectivity index (χ4v) is 4.17. The molecule has 1 aliphatic carbocycles. The fourth-order valence-electron chi connectivity index (χ4n) is 4.17. The third-order valence-electron chi connectivity index (χ3n) is 4.53. The standard InChI is InChI=1S/C14H28N2/c1-10(15)13(14(2,3)4)16-8-11-6-5-7-12(11)9-16/h10-13H,5-9,15H2,1-4H3. The summed E-state index contributed by atoms with van der Waals surface area (Å²) in [7, 11) is 0. The van der Waals surface area contributed by atoms with E-state index in [1.54, 1.807) is 0 Å². The maximum atomic E-state index is 6.21. The molecule has 2 aliphatic rings. The van der Waals surface area contributed by atoms with Crippen molar-refractivity contribution in [2.75, 3.05) is 13.1 Å². The van der Waals surface area contributed by atoms with Crippen LogP contribution in [0.4, 0.5) is 0 Å². The maximum absolute atomic E-state index is 6.21. The summed E-state index contributed by atoms with van der Waals surface area (Å²) in [5.74, 6) is 1.95. The van der Waals surface area contributed by atoms with Gasteiger partial charge in [0.05, 0.1) is 0 Å². The van der Waals surface area contributed by atoms with Crippen LogP contribution in [0.5, 0.6) is 0 Å². The van der Waals surface area contributed by atoms with Crippen LogP contribution in [0.25, 0.3) is 0 Å². The Morgan fingerprint density at radius 1 is 1.12 bits per heavy atom. The highest BCUT2D eigenvalue weighted by Gasteiger charge is 2.42. The van der Waals surface area contributed by atoms with Crippen molar-refractivity contribution in [3.8, 4) is 0 Å². The van der Waals surface area contributed by atoms with Crippen molar-refractivity contribution in [3.63, 3.8) is 0 Å². The van der Waals surface area contributed by atoms with E-state index in [0.29, 0.717) is 11.5 Å². The van der Waals surface area contributed by atoms with E-state index in [1.165, 1.54) is 32.4 Å². The van der Waals surface area contributed by atoms with Crippen LogP contribution >= 0.6 is 0 Å². The SMILES string of the molecule is CC(N)C(N1CC2CCCC2C1)C(C)(C)C. The Kier molecular flexibility index (Phi) is 3.33. The van der Waals surface area contributed by atoms with Gasteiger partial charge in [0.15, 0.2) is 0 Å². The zero-order chi connectivity index (χ0) is 11.9. The number of nitrogens with two attached hydrogens (primary N) is 1. The van der Waals surface area contributed by atoms with Crippen molar-refractivity contribution in [2.45, 2.75) is 59.0 Å². The van der Waals surface area contributed by atoms with Crippen LogP contribution in [-0.4, -0.2) is 30.1 Å². The average molecular weight is 224 g/mol. The molecule has 1 saturated heterocycles. The van der Waals surface area contributed by atoms with E-state index in [9.17, 15) is 0 Å². The van der Waals surface area contributed by atoms with Crippen molar-refractivity contribution in [2.24, 2.45) is 23.0 Å². The summed E-state index contributed by atoms with van der Waals surface area (Å²) in [6, 6.07) is 0.817. The smallest absolute Gasteiger partial charge is 0.0293 e. The van der Waals surface area contributed by atoms with E-state index in [1.807, 2.05) is 0 Å². The van der Waals surface area contributed by atoms with Crippen LogP contribution in [-0.2, 0) is 0 Å². The number of fused-ring (bicyclic) bond motifs is 1. The van der Waals surface area contributed by atoms with Crippen LogP contribution in [0.15, 0.2) is 0 Å². The van der Waals surface area contributed by atoms with Crippen LogP contribution in [0.2, 0.25) is 0 Å². The summed E-state index contributed by atoms with van der Waals surface area (Å²) in [5.41, 5.74) is 6.51. The normalized spacial score (nSPS) is 35.1. The lowest BCUT2D eigenvalue weighted by molar-refractivity contribution is 0.0969. The van der Waals surface area contributed by atoms with Gasteiger partial charge in [0.2, 0.25) is 0 Å². The quantitative estimate of drug-likeness (QED) is 0.781. The molecule has 1 saturated carbocycles. The molecule has 0 spiro atoms. The van der Waals surface area contributed by atoms with Crippen molar-refractivity contribution < 1.29 is 0 Å². The summed E-state index contributed by atoms with van der Waals surface area (Å²) >= 11 is 0. The van der Waals surface area contributed by atoms with Gasteiger partial charge in [-0.3, -0.25) is 4.90 Å². The number of nitrogens with zero attached hydrogens (tertiary/aromatic N) is 1. The first kappa shape index (κ1) is 12.4. The molecular weight excluding hydrogens is 196 g/mol. The minimum atomic E-state index is 0.277. The van der Waals surface area contributed by atoms with Crippen molar-refractivity contribution in [1.29, 1.82) is 0 Å². The fraction of sp³-hybridized carbons (Fsp3) is 1.00. The molecule has 0 amide bonds. The van der Waals surface area contributed by atoms with Crippen molar-refractivity contribution in [1.82, 2.24) is 4.90 Å². The molecule has 4 atom stereocenters. The molecule has 1 aliphatic heterocycles. The lowest BCUT2D eigenvalue weighted by Gasteiger charge is -2.41. The Bertz CT molecular complexity index is 230. The van der Waals surface area contributed by atoms with Gasteiger partial charge in [-0.1, -0.05) is 27.2 Å². The lowest BCUT2D eigenvalue weighted by Crippen LogP contribution is -2.53. The van der Waals surface area contributed by atoms with Gasteiger partial charge in [0, 0.05) is 25.2 Å². The molecule has 0 aromatic carbocycles. The molecule has 0 bridgehead atoms. The van der Waals surface area contributed by atoms with Crippen molar-refractivity contribution in [3.05, 3.63) is 0 Å². The van der Waals surface area contributed by atoms with E-state index in [0.717, 1.165) is 11.8 Å². The van der Waals surface area contributed by atoms with Crippen LogP contribution in [0, 0.1) is 17.3 Å². The summed E-state index contributed by atoms with van der Waals surface area (Å²) in [4.78, 5) is 2.68. The lowest BCUT2D eigenvalue weighted by atomic mass is 9.82. The monoisotopic (exact) mass is 224 g/mol. The second kappa shape index (κ2) is 4.30. The minimum absolute atomic E-state index is 0.277. The average Bonchev–Trinajstić information content (AvgIpc) is 2.58. The number of rotatable bonds is 2. The number of hydrogen-bond acceptors (Lipinski definition) is 2. The molecule has 2 fully saturated rings. The van der Waals surface area contributed by atoms with Gasteiger partial charge >= 0.3 is 0 Å². The first-order chi connectivity index (χ1) is 7.39. The van der Waals surface area contributed by atoms with E-state index >= 15 is 0 Å². The third-order valence-corrected chi connectivity index (χ3v) is 4.53.